The number of nitrogens with zero attached hydrogens (tertiary/aromatic N) is 1. The molecule has 0 saturated heterocycles. The van der Waals surface area contributed by atoms with E-state index in [0.29, 0.717) is 17.3 Å². The summed E-state index contributed by atoms with van der Waals surface area (Å²) < 4.78 is 1.95. The Morgan fingerprint density at radius 2 is 1.76 bits per heavy atom. The van der Waals surface area contributed by atoms with Gasteiger partial charge in [0.1, 0.15) is 5.75 Å². The molecule has 0 atom stereocenters. The number of nitrogens with two attached hydrogens (primary N) is 1. The maximum absolute atomic E-state index is 10.1. The summed E-state index contributed by atoms with van der Waals surface area (Å²) in [5, 5.41) is 10.5. The van der Waals surface area contributed by atoms with Crippen LogP contribution < -0.4 is 22.7 Å². The molecule has 0 radical (unpaired) electrons. The largest absolute Gasteiger partial charge is 1.00 e. The lowest BCUT2D eigenvalue weighted by molar-refractivity contribution is -0.688. The molecule has 2 aromatic rings. The zero-order chi connectivity index (χ0) is 14.9. The number of hydrogen-bond acceptors (Lipinski definition) is 2. The molecule has 0 spiro atoms. The minimum Gasteiger partial charge on any atom is -1.00 e. The number of halogens is 2. The van der Waals surface area contributed by atoms with Gasteiger partial charge in [-0.25, -0.2) is 4.57 Å². The van der Waals surface area contributed by atoms with E-state index in [4.69, 9.17) is 17.3 Å². The van der Waals surface area contributed by atoms with Crippen LogP contribution in [0.1, 0.15) is 31.9 Å². The van der Waals surface area contributed by atoms with Crippen molar-refractivity contribution in [3.63, 3.8) is 0 Å². The summed E-state index contributed by atoms with van der Waals surface area (Å²) in [6.45, 7) is 6.91. The minimum atomic E-state index is -0.0160. The highest BCUT2D eigenvalue weighted by Gasteiger charge is 2.19. The lowest BCUT2D eigenvalue weighted by atomic mass is 9.86. The molecule has 1 aromatic heterocycles. The van der Waals surface area contributed by atoms with Crippen molar-refractivity contribution in [2.24, 2.45) is 0 Å². The highest BCUT2D eigenvalue weighted by Crippen LogP contribution is 2.33. The number of rotatable bonds is 2. The molecule has 0 bridgehead atoms. The average molecular weight is 327 g/mol. The van der Waals surface area contributed by atoms with Crippen LogP contribution in [-0.4, -0.2) is 5.11 Å². The van der Waals surface area contributed by atoms with Gasteiger partial charge in [0.15, 0.2) is 18.9 Å². The number of hydrogen-bond donors (Lipinski definition) is 2. The fraction of sp³-hybridized carbons (Fsp3) is 0.312. The second-order valence-electron chi connectivity index (χ2n) is 6.02. The Morgan fingerprint density at radius 1 is 1.19 bits per heavy atom. The van der Waals surface area contributed by atoms with E-state index in [0.717, 1.165) is 11.1 Å². The predicted molar refractivity (Wildman–Crippen MR) is 82.0 cm³/mol. The molecule has 21 heavy (non-hydrogen) atoms. The van der Waals surface area contributed by atoms with Gasteiger partial charge >= 0.3 is 0 Å². The predicted octanol–water partition coefficient (Wildman–Crippen LogP) is 0.265. The summed E-state index contributed by atoms with van der Waals surface area (Å²) >= 11 is 6.14. The number of aromatic nitrogens is 1. The van der Waals surface area contributed by atoms with E-state index in [9.17, 15) is 5.11 Å². The van der Waals surface area contributed by atoms with Crippen LogP contribution in [0.3, 0.4) is 0 Å². The van der Waals surface area contributed by atoms with E-state index in [2.05, 4.69) is 20.8 Å². The molecular formula is C16H20Cl2N2O. The van der Waals surface area contributed by atoms with E-state index < -0.39 is 0 Å². The zero-order valence-corrected chi connectivity index (χ0v) is 13.9. The van der Waals surface area contributed by atoms with Crippen LogP contribution in [0, 0.1) is 0 Å². The fourth-order valence-corrected chi connectivity index (χ4v) is 2.22. The zero-order valence-electron chi connectivity index (χ0n) is 12.4. The molecule has 2 rings (SSSR count). The number of phenols is 1. The molecule has 114 valence electrons. The van der Waals surface area contributed by atoms with Crippen LogP contribution in [0.2, 0.25) is 5.02 Å². The van der Waals surface area contributed by atoms with Crippen molar-refractivity contribution in [3.05, 3.63) is 52.8 Å². The fourth-order valence-electron chi connectivity index (χ4n) is 1.98. The van der Waals surface area contributed by atoms with Gasteiger partial charge in [0.25, 0.3) is 0 Å². The molecule has 0 saturated carbocycles. The summed E-state index contributed by atoms with van der Waals surface area (Å²) in [7, 11) is 0. The summed E-state index contributed by atoms with van der Waals surface area (Å²) in [6, 6.07) is 7.48. The maximum atomic E-state index is 10.1. The number of nitrogen functional groups attached to an aromatic ring is 1. The lowest BCUT2D eigenvalue weighted by Gasteiger charge is -2.20. The van der Waals surface area contributed by atoms with Crippen LogP contribution in [-0.2, 0) is 12.0 Å². The molecule has 0 aliphatic carbocycles. The Hall–Kier alpha value is -1.45. The topological polar surface area (TPSA) is 50.1 Å². The number of anilines is 1. The van der Waals surface area contributed by atoms with Crippen LogP contribution in [0.4, 0.5) is 5.69 Å². The smallest absolute Gasteiger partial charge is 0.177 e. The first-order valence-corrected chi connectivity index (χ1v) is 6.91. The summed E-state index contributed by atoms with van der Waals surface area (Å²) in [5.74, 6) is 0.143. The van der Waals surface area contributed by atoms with Crippen molar-refractivity contribution in [2.45, 2.75) is 32.7 Å². The van der Waals surface area contributed by atoms with Crippen LogP contribution in [0.25, 0.3) is 0 Å². The summed E-state index contributed by atoms with van der Waals surface area (Å²) in [4.78, 5) is 0. The van der Waals surface area contributed by atoms with Gasteiger partial charge in [-0.15, -0.1) is 0 Å². The van der Waals surface area contributed by atoms with Gasteiger partial charge in [-0.05, 0) is 23.1 Å². The Labute approximate surface area is 136 Å². The molecule has 3 N–H and O–H groups in total. The van der Waals surface area contributed by atoms with Gasteiger partial charge in [-0.2, -0.15) is 0 Å². The molecule has 1 heterocycles. The second kappa shape index (κ2) is 6.54. The SMILES string of the molecule is CC(C)(C)c1cc(Cl)c(O)c(C[n+]2ccc(N)cc2)c1.[Cl-]. The van der Waals surface area contributed by atoms with Crippen LogP contribution in [0.5, 0.6) is 5.75 Å². The Morgan fingerprint density at radius 3 is 2.29 bits per heavy atom. The molecule has 1 aromatic carbocycles. The third kappa shape index (κ3) is 4.26. The minimum absolute atomic E-state index is 0. The molecular weight excluding hydrogens is 307 g/mol. The average Bonchev–Trinajstić information content (AvgIpc) is 2.36. The number of pyridine rings is 1. The van der Waals surface area contributed by atoms with Crippen LogP contribution >= 0.6 is 11.6 Å². The van der Waals surface area contributed by atoms with Gasteiger partial charge in [-0.1, -0.05) is 32.4 Å². The summed E-state index contributed by atoms with van der Waals surface area (Å²) in [6.07, 6.45) is 3.76. The van der Waals surface area contributed by atoms with Gasteiger partial charge in [0.2, 0.25) is 0 Å². The van der Waals surface area contributed by atoms with Gasteiger partial charge in [-0.3, -0.25) is 0 Å². The molecule has 5 heteroatoms. The Kier molecular flexibility index (Phi) is 5.48. The Bertz CT molecular complexity index is 619. The lowest BCUT2D eigenvalue weighted by Crippen LogP contribution is -3.00. The van der Waals surface area contributed by atoms with Crippen LogP contribution in [0.15, 0.2) is 36.7 Å². The van der Waals surface area contributed by atoms with Crippen molar-refractivity contribution in [3.8, 4) is 5.75 Å². The highest BCUT2D eigenvalue weighted by atomic mass is 35.5. The first-order chi connectivity index (χ1) is 9.27. The van der Waals surface area contributed by atoms with Gasteiger partial charge in [0, 0.05) is 17.8 Å². The molecule has 0 aliphatic heterocycles. The number of aromatic hydroxyl groups is 1. The molecule has 0 amide bonds. The van der Waals surface area contributed by atoms with E-state index in [1.54, 1.807) is 0 Å². The van der Waals surface area contributed by atoms with Crippen molar-refractivity contribution in [1.82, 2.24) is 0 Å². The van der Waals surface area contributed by atoms with E-state index in [1.807, 2.05) is 41.2 Å². The van der Waals surface area contributed by atoms with E-state index in [1.165, 1.54) is 0 Å². The van der Waals surface area contributed by atoms with Gasteiger partial charge < -0.3 is 23.2 Å². The number of phenolic OH excluding ortho intramolecular Hbond substituents is 1. The van der Waals surface area contributed by atoms with Crippen molar-refractivity contribution >= 4 is 17.3 Å². The maximum Gasteiger partial charge on any atom is 0.177 e. The standard InChI is InChI=1S/C16H19ClN2O.ClH/c1-16(2,3)12-8-11(15(20)14(17)9-12)10-19-6-4-13(18)5-7-19;/h4-9,18,20H,10H2,1-3H3;1H. The van der Waals surface area contributed by atoms with E-state index >= 15 is 0 Å². The Balaban J connectivity index is 0.00000220. The summed E-state index contributed by atoms with van der Waals surface area (Å²) in [5.41, 5.74) is 8.28. The molecule has 3 nitrogen and oxygen atoms in total. The van der Waals surface area contributed by atoms with Crippen molar-refractivity contribution in [2.75, 3.05) is 5.73 Å². The number of benzene rings is 1. The quantitative estimate of drug-likeness (QED) is 0.778. The molecule has 0 unspecified atom stereocenters. The normalized spacial score (nSPS) is 11.0. The van der Waals surface area contributed by atoms with Crippen molar-refractivity contribution < 1.29 is 22.1 Å². The highest BCUT2D eigenvalue weighted by molar-refractivity contribution is 6.32. The first kappa shape index (κ1) is 17.6. The molecule has 0 aliphatic rings. The first-order valence-electron chi connectivity index (χ1n) is 6.54. The second-order valence-corrected chi connectivity index (χ2v) is 6.43. The monoisotopic (exact) mass is 326 g/mol. The van der Waals surface area contributed by atoms with E-state index in [-0.39, 0.29) is 23.6 Å². The molecule has 0 fully saturated rings. The third-order valence-corrected chi connectivity index (χ3v) is 3.57. The third-order valence-electron chi connectivity index (χ3n) is 3.28. The van der Waals surface area contributed by atoms with Crippen molar-refractivity contribution in [1.29, 1.82) is 0 Å². The van der Waals surface area contributed by atoms with Gasteiger partial charge in [0.05, 0.1) is 10.6 Å².